The van der Waals surface area contributed by atoms with E-state index in [-0.39, 0.29) is 11.3 Å². The van der Waals surface area contributed by atoms with Crippen molar-refractivity contribution in [1.82, 2.24) is 5.32 Å². The summed E-state index contributed by atoms with van der Waals surface area (Å²) < 4.78 is 0. The standard InChI is InChI=1S/C17H23NO3/c1-12-13(8-9-15(19)20)6-5-7-14(12)16(21)18-11-10-17(2,3)4/h5-9H,10-11H2,1-4H3,(H,18,21)(H,19,20)/b9-8+. The maximum atomic E-state index is 12.2. The zero-order chi connectivity index (χ0) is 16.0. The number of carboxylic acid groups (broad SMARTS) is 1. The first-order valence-electron chi connectivity index (χ1n) is 6.99. The Balaban J connectivity index is 2.81. The van der Waals surface area contributed by atoms with E-state index >= 15 is 0 Å². The Morgan fingerprint density at radius 2 is 1.95 bits per heavy atom. The highest BCUT2D eigenvalue weighted by atomic mass is 16.4. The highest BCUT2D eigenvalue weighted by Gasteiger charge is 2.13. The predicted octanol–water partition coefficient (Wildman–Crippen LogP) is 3.26. The molecule has 1 aromatic rings. The van der Waals surface area contributed by atoms with Gasteiger partial charge >= 0.3 is 5.97 Å². The van der Waals surface area contributed by atoms with Gasteiger partial charge in [0.15, 0.2) is 0 Å². The topological polar surface area (TPSA) is 66.4 Å². The van der Waals surface area contributed by atoms with Gasteiger partial charge < -0.3 is 10.4 Å². The van der Waals surface area contributed by atoms with Crippen molar-refractivity contribution in [3.05, 3.63) is 41.0 Å². The van der Waals surface area contributed by atoms with E-state index in [4.69, 9.17) is 5.11 Å². The summed E-state index contributed by atoms with van der Waals surface area (Å²) in [5, 5.41) is 11.6. The smallest absolute Gasteiger partial charge is 0.328 e. The van der Waals surface area contributed by atoms with Gasteiger partial charge in [0.25, 0.3) is 5.91 Å². The third-order valence-electron chi connectivity index (χ3n) is 3.19. The molecule has 0 atom stereocenters. The van der Waals surface area contributed by atoms with Crippen LogP contribution in [0.2, 0.25) is 0 Å². The van der Waals surface area contributed by atoms with Crippen molar-refractivity contribution in [2.75, 3.05) is 6.54 Å². The number of rotatable bonds is 5. The number of carbonyl (C=O) groups excluding carboxylic acids is 1. The van der Waals surface area contributed by atoms with Gasteiger partial charge in [-0.3, -0.25) is 4.79 Å². The van der Waals surface area contributed by atoms with Crippen LogP contribution in [0.15, 0.2) is 24.3 Å². The molecule has 0 saturated carbocycles. The minimum absolute atomic E-state index is 0.123. The minimum atomic E-state index is -1.01. The van der Waals surface area contributed by atoms with Crippen molar-refractivity contribution in [1.29, 1.82) is 0 Å². The molecule has 0 aliphatic rings. The first-order chi connectivity index (χ1) is 9.70. The number of hydrogen-bond acceptors (Lipinski definition) is 2. The summed E-state index contributed by atoms with van der Waals surface area (Å²) >= 11 is 0. The average Bonchev–Trinajstić information content (AvgIpc) is 2.35. The van der Waals surface area contributed by atoms with Gasteiger partial charge in [-0.1, -0.05) is 32.9 Å². The molecule has 0 radical (unpaired) electrons. The second-order valence-electron chi connectivity index (χ2n) is 6.26. The van der Waals surface area contributed by atoms with Gasteiger partial charge in [0, 0.05) is 18.2 Å². The summed E-state index contributed by atoms with van der Waals surface area (Å²) in [6, 6.07) is 5.30. The molecule has 0 aliphatic carbocycles. The van der Waals surface area contributed by atoms with Gasteiger partial charge in [-0.2, -0.15) is 0 Å². The summed E-state index contributed by atoms with van der Waals surface area (Å²) in [7, 11) is 0. The molecular weight excluding hydrogens is 266 g/mol. The molecule has 0 aliphatic heterocycles. The third-order valence-corrected chi connectivity index (χ3v) is 3.19. The molecule has 0 unspecified atom stereocenters. The normalized spacial score (nSPS) is 11.6. The van der Waals surface area contributed by atoms with Crippen molar-refractivity contribution in [3.8, 4) is 0 Å². The number of aliphatic carboxylic acids is 1. The van der Waals surface area contributed by atoms with E-state index in [1.54, 1.807) is 18.2 Å². The third kappa shape index (κ3) is 5.81. The van der Waals surface area contributed by atoms with Gasteiger partial charge in [0.05, 0.1) is 0 Å². The lowest BCUT2D eigenvalue weighted by molar-refractivity contribution is -0.131. The molecular formula is C17H23NO3. The number of amides is 1. The maximum Gasteiger partial charge on any atom is 0.328 e. The van der Waals surface area contributed by atoms with Crippen molar-refractivity contribution < 1.29 is 14.7 Å². The molecule has 4 heteroatoms. The van der Waals surface area contributed by atoms with E-state index in [1.807, 2.05) is 6.92 Å². The number of benzene rings is 1. The number of hydrogen-bond donors (Lipinski definition) is 2. The SMILES string of the molecule is Cc1c(/C=C/C(=O)O)cccc1C(=O)NCCC(C)(C)C. The average molecular weight is 289 g/mol. The van der Waals surface area contributed by atoms with Crippen LogP contribution in [0.25, 0.3) is 6.08 Å². The second kappa shape index (κ2) is 7.07. The van der Waals surface area contributed by atoms with Crippen LogP contribution >= 0.6 is 0 Å². The number of carboxylic acids is 1. The van der Waals surface area contributed by atoms with Crippen LogP contribution in [-0.2, 0) is 4.79 Å². The van der Waals surface area contributed by atoms with Gasteiger partial charge in [0.2, 0.25) is 0 Å². The van der Waals surface area contributed by atoms with Crippen molar-refractivity contribution in [3.63, 3.8) is 0 Å². The maximum absolute atomic E-state index is 12.2. The highest BCUT2D eigenvalue weighted by molar-refractivity contribution is 5.97. The van der Waals surface area contributed by atoms with Gasteiger partial charge in [0.1, 0.15) is 0 Å². The largest absolute Gasteiger partial charge is 0.478 e. The molecule has 0 bridgehead atoms. The molecule has 1 aromatic carbocycles. The molecule has 0 heterocycles. The molecule has 1 amide bonds. The van der Waals surface area contributed by atoms with E-state index in [0.29, 0.717) is 12.1 Å². The fourth-order valence-corrected chi connectivity index (χ4v) is 1.89. The van der Waals surface area contributed by atoms with Crippen LogP contribution in [0.5, 0.6) is 0 Å². The van der Waals surface area contributed by atoms with E-state index < -0.39 is 5.97 Å². The lowest BCUT2D eigenvalue weighted by Crippen LogP contribution is -2.27. The zero-order valence-electron chi connectivity index (χ0n) is 13.1. The van der Waals surface area contributed by atoms with Gasteiger partial charge in [-0.15, -0.1) is 0 Å². The summed E-state index contributed by atoms with van der Waals surface area (Å²) in [6.07, 6.45) is 3.48. The summed E-state index contributed by atoms with van der Waals surface area (Å²) in [5.41, 5.74) is 2.27. The molecule has 2 N–H and O–H groups in total. The quantitative estimate of drug-likeness (QED) is 0.818. The Labute approximate surface area is 125 Å². The lowest BCUT2D eigenvalue weighted by atomic mass is 9.92. The molecule has 21 heavy (non-hydrogen) atoms. The first-order valence-corrected chi connectivity index (χ1v) is 6.99. The Bertz CT molecular complexity index is 554. The van der Waals surface area contributed by atoms with E-state index in [2.05, 4.69) is 26.1 Å². The highest BCUT2D eigenvalue weighted by Crippen LogP contribution is 2.18. The number of nitrogens with one attached hydrogen (secondary N) is 1. The monoisotopic (exact) mass is 289 g/mol. The van der Waals surface area contributed by atoms with E-state index in [1.165, 1.54) is 6.08 Å². The molecule has 114 valence electrons. The fourth-order valence-electron chi connectivity index (χ4n) is 1.89. The zero-order valence-corrected chi connectivity index (χ0v) is 13.1. The minimum Gasteiger partial charge on any atom is -0.478 e. The van der Waals surface area contributed by atoms with Crippen LogP contribution in [0.1, 0.15) is 48.7 Å². The lowest BCUT2D eigenvalue weighted by Gasteiger charge is -2.18. The molecule has 0 spiro atoms. The Morgan fingerprint density at radius 1 is 1.29 bits per heavy atom. The first kappa shape index (κ1) is 17.0. The summed E-state index contributed by atoms with van der Waals surface area (Å²) in [4.78, 5) is 22.8. The van der Waals surface area contributed by atoms with Crippen LogP contribution in [0.3, 0.4) is 0 Å². The van der Waals surface area contributed by atoms with Crippen molar-refractivity contribution in [2.24, 2.45) is 5.41 Å². The number of carbonyl (C=O) groups is 2. The molecule has 0 aromatic heterocycles. The molecule has 0 saturated heterocycles. The van der Waals surface area contributed by atoms with E-state index in [9.17, 15) is 9.59 Å². The van der Waals surface area contributed by atoms with Gasteiger partial charge in [-0.05, 0) is 42.0 Å². The molecule has 1 rings (SSSR count). The van der Waals surface area contributed by atoms with E-state index in [0.717, 1.165) is 23.6 Å². The van der Waals surface area contributed by atoms with Gasteiger partial charge in [-0.25, -0.2) is 4.79 Å². The summed E-state index contributed by atoms with van der Waals surface area (Å²) in [5.74, 6) is -1.13. The van der Waals surface area contributed by atoms with Crippen LogP contribution in [0, 0.1) is 12.3 Å². The Morgan fingerprint density at radius 3 is 2.52 bits per heavy atom. The fraction of sp³-hybridized carbons (Fsp3) is 0.412. The van der Waals surface area contributed by atoms with Crippen LogP contribution < -0.4 is 5.32 Å². The predicted molar refractivity (Wildman–Crippen MR) is 84.3 cm³/mol. The summed E-state index contributed by atoms with van der Waals surface area (Å²) in [6.45, 7) is 8.82. The molecule has 4 nitrogen and oxygen atoms in total. The Hall–Kier alpha value is -2.10. The Kier molecular flexibility index (Phi) is 5.70. The molecule has 0 fully saturated rings. The van der Waals surface area contributed by atoms with Crippen molar-refractivity contribution >= 4 is 18.0 Å². The van der Waals surface area contributed by atoms with Crippen LogP contribution in [-0.4, -0.2) is 23.5 Å². The van der Waals surface area contributed by atoms with Crippen LogP contribution in [0.4, 0.5) is 0 Å². The van der Waals surface area contributed by atoms with Crippen molar-refractivity contribution in [2.45, 2.75) is 34.1 Å². The second-order valence-corrected chi connectivity index (χ2v) is 6.26.